The van der Waals surface area contributed by atoms with Gasteiger partial charge in [-0.1, -0.05) is 17.4 Å². The molecule has 1 aromatic heterocycles. The molecule has 0 saturated heterocycles. The average Bonchev–Trinajstić information content (AvgIpc) is 2.75. The number of nitrogens with two attached hydrogens (primary N) is 1. The van der Waals surface area contributed by atoms with Crippen molar-refractivity contribution in [2.75, 3.05) is 23.4 Å². The van der Waals surface area contributed by atoms with Crippen LogP contribution in [-0.2, 0) is 0 Å². The van der Waals surface area contributed by atoms with Crippen LogP contribution in [0.3, 0.4) is 0 Å². The lowest BCUT2D eigenvalue weighted by molar-refractivity contribution is 0.103. The fourth-order valence-electron chi connectivity index (χ4n) is 1.39. The number of anilines is 3. The highest BCUT2D eigenvalue weighted by atomic mass is 79.9. The number of nitrogen functional groups attached to an aromatic ring is 1. The smallest absolute Gasteiger partial charge is 0.269 e. The van der Waals surface area contributed by atoms with Crippen LogP contribution in [0.2, 0.25) is 0 Å². The molecular weight excluding hydrogens is 396 g/mol. The van der Waals surface area contributed by atoms with E-state index in [2.05, 4.69) is 47.5 Å². The van der Waals surface area contributed by atoms with Crippen LogP contribution in [0.1, 0.15) is 9.67 Å². The highest BCUT2D eigenvalue weighted by Crippen LogP contribution is 2.32. The van der Waals surface area contributed by atoms with Gasteiger partial charge in [0.25, 0.3) is 5.91 Å². The number of rotatable bonds is 3. The lowest BCUT2D eigenvalue weighted by Gasteiger charge is -2.08. The zero-order valence-electron chi connectivity index (χ0n) is 9.83. The third-order valence-electron chi connectivity index (χ3n) is 2.27. The summed E-state index contributed by atoms with van der Waals surface area (Å²) >= 11 is 7.98. The van der Waals surface area contributed by atoms with Gasteiger partial charge in [0.05, 0.1) is 5.69 Å². The van der Waals surface area contributed by atoms with Crippen molar-refractivity contribution in [2.45, 2.75) is 0 Å². The molecule has 1 aromatic carbocycles. The topological polar surface area (TPSA) is 80.0 Å². The zero-order valence-corrected chi connectivity index (χ0v) is 13.8. The standard InChI is InChI=1S/C11H10Br2N4OS/c1-15-11-17-9(14)8(19-11)10(18)16-7-5(12)3-2-4-6(7)13/h2-4H,14H2,1H3,(H,15,17)(H,16,18). The molecule has 1 heterocycles. The van der Waals surface area contributed by atoms with Gasteiger partial charge in [-0.3, -0.25) is 4.79 Å². The summed E-state index contributed by atoms with van der Waals surface area (Å²) in [5, 5.41) is 6.27. The van der Waals surface area contributed by atoms with E-state index in [1.165, 1.54) is 11.3 Å². The SMILES string of the molecule is CNc1nc(N)c(C(=O)Nc2c(Br)cccc2Br)s1. The molecule has 0 bridgehead atoms. The van der Waals surface area contributed by atoms with Crippen LogP contribution in [0.4, 0.5) is 16.6 Å². The van der Waals surface area contributed by atoms with Gasteiger partial charge in [0, 0.05) is 16.0 Å². The first-order chi connectivity index (χ1) is 9.02. The summed E-state index contributed by atoms with van der Waals surface area (Å²) in [6.45, 7) is 0. The Balaban J connectivity index is 2.28. The number of carbonyl (C=O) groups is 1. The Bertz CT molecular complexity index is 609. The minimum atomic E-state index is -0.288. The number of aromatic nitrogens is 1. The Morgan fingerprint density at radius 2 is 2.00 bits per heavy atom. The molecule has 0 aliphatic rings. The number of thiazole rings is 1. The molecule has 19 heavy (non-hydrogen) atoms. The van der Waals surface area contributed by atoms with Crippen LogP contribution in [0.15, 0.2) is 27.1 Å². The molecule has 100 valence electrons. The molecule has 0 spiro atoms. The van der Waals surface area contributed by atoms with Crippen molar-refractivity contribution in [3.05, 3.63) is 32.0 Å². The number of hydrogen-bond acceptors (Lipinski definition) is 5. The number of benzene rings is 1. The predicted molar refractivity (Wildman–Crippen MR) is 85.9 cm³/mol. The Kier molecular flexibility index (Phi) is 4.43. The molecule has 5 nitrogen and oxygen atoms in total. The summed E-state index contributed by atoms with van der Waals surface area (Å²) in [5.41, 5.74) is 6.38. The van der Waals surface area contributed by atoms with Gasteiger partial charge in [-0.05, 0) is 44.0 Å². The van der Waals surface area contributed by atoms with Crippen molar-refractivity contribution in [1.82, 2.24) is 4.98 Å². The Morgan fingerprint density at radius 1 is 1.37 bits per heavy atom. The van der Waals surface area contributed by atoms with Gasteiger partial charge < -0.3 is 16.4 Å². The van der Waals surface area contributed by atoms with Crippen LogP contribution in [0.25, 0.3) is 0 Å². The van der Waals surface area contributed by atoms with Crippen LogP contribution >= 0.6 is 43.2 Å². The fourth-order valence-corrected chi connectivity index (χ4v) is 3.32. The molecule has 4 N–H and O–H groups in total. The minimum absolute atomic E-state index is 0.218. The predicted octanol–water partition coefficient (Wildman–Crippen LogP) is 3.54. The van der Waals surface area contributed by atoms with E-state index in [-0.39, 0.29) is 11.7 Å². The zero-order chi connectivity index (χ0) is 14.0. The quantitative estimate of drug-likeness (QED) is 0.729. The lowest BCUT2D eigenvalue weighted by atomic mass is 10.3. The number of hydrogen-bond donors (Lipinski definition) is 3. The van der Waals surface area contributed by atoms with Gasteiger partial charge in [-0.25, -0.2) is 4.98 Å². The van der Waals surface area contributed by atoms with E-state index >= 15 is 0 Å². The van der Waals surface area contributed by atoms with Crippen LogP contribution in [0, 0.1) is 0 Å². The molecule has 2 rings (SSSR count). The maximum absolute atomic E-state index is 12.2. The molecule has 0 aliphatic heterocycles. The molecule has 0 saturated carbocycles. The summed E-state index contributed by atoms with van der Waals surface area (Å²) < 4.78 is 1.57. The summed E-state index contributed by atoms with van der Waals surface area (Å²) in [7, 11) is 1.73. The van der Waals surface area contributed by atoms with E-state index in [1.807, 2.05) is 18.2 Å². The molecule has 0 aliphatic carbocycles. The van der Waals surface area contributed by atoms with Crippen molar-refractivity contribution < 1.29 is 4.79 Å². The molecule has 0 atom stereocenters. The number of nitrogens with one attached hydrogen (secondary N) is 2. The van der Waals surface area contributed by atoms with Gasteiger partial charge in [-0.15, -0.1) is 0 Å². The molecule has 1 amide bonds. The molecular formula is C11H10Br2N4OS. The normalized spacial score (nSPS) is 10.3. The second kappa shape index (κ2) is 5.89. The number of nitrogens with zero attached hydrogens (tertiary/aromatic N) is 1. The molecule has 2 aromatic rings. The van der Waals surface area contributed by atoms with E-state index in [9.17, 15) is 4.79 Å². The van der Waals surface area contributed by atoms with E-state index in [4.69, 9.17) is 5.73 Å². The number of para-hydroxylation sites is 1. The Hall–Kier alpha value is -1.12. The number of carbonyl (C=O) groups excluding carboxylic acids is 1. The van der Waals surface area contributed by atoms with Crippen LogP contribution in [-0.4, -0.2) is 17.9 Å². The Morgan fingerprint density at radius 3 is 2.53 bits per heavy atom. The van der Waals surface area contributed by atoms with Gasteiger partial charge in [0.15, 0.2) is 5.13 Å². The number of amides is 1. The Labute approximate surface area is 130 Å². The van der Waals surface area contributed by atoms with Crippen molar-refractivity contribution in [2.24, 2.45) is 0 Å². The highest BCUT2D eigenvalue weighted by Gasteiger charge is 2.17. The minimum Gasteiger partial charge on any atom is -0.382 e. The largest absolute Gasteiger partial charge is 0.382 e. The first kappa shape index (κ1) is 14.3. The van der Waals surface area contributed by atoms with Crippen molar-refractivity contribution in [3.63, 3.8) is 0 Å². The maximum Gasteiger partial charge on any atom is 0.269 e. The van der Waals surface area contributed by atoms with Crippen molar-refractivity contribution in [1.29, 1.82) is 0 Å². The summed E-state index contributed by atoms with van der Waals surface area (Å²) in [5.74, 6) is -0.0703. The van der Waals surface area contributed by atoms with Gasteiger partial charge in [0.1, 0.15) is 10.7 Å². The molecule has 0 radical (unpaired) electrons. The van der Waals surface area contributed by atoms with E-state index < -0.39 is 0 Å². The van der Waals surface area contributed by atoms with Crippen LogP contribution < -0.4 is 16.4 Å². The lowest BCUT2D eigenvalue weighted by Crippen LogP contribution is -2.13. The fraction of sp³-hybridized carbons (Fsp3) is 0.0909. The summed E-state index contributed by atoms with van der Waals surface area (Å²) in [6, 6.07) is 5.55. The summed E-state index contributed by atoms with van der Waals surface area (Å²) in [6.07, 6.45) is 0. The molecule has 8 heteroatoms. The summed E-state index contributed by atoms with van der Waals surface area (Å²) in [4.78, 5) is 16.6. The second-order valence-electron chi connectivity index (χ2n) is 3.53. The number of halogens is 2. The first-order valence-electron chi connectivity index (χ1n) is 5.22. The first-order valence-corrected chi connectivity index (χ1v) is 7.62. The maximum atomic E-state index is 12.2. The van der Waals surface area contributed by atoms with Crippen molar-refractivity contribution >= 4 is 65.7 Å². The van der Waals surface area contributed by atoms with Gasteiger partial charge in [-0.2, -0.15) is 0 Å². The third-order valence-corrected chi connectivity index (χ3v) is 4.68. The van der Waals surface area contributed by atoms with Gasteiger partial charge >= 0.3 is 0 Å². The molecule has 0 unspecified atom stereocenters. The average molecular weight is 406 g/mol. The monoisotopic (exact) mass is 404 g/mol. The van der Waals surface area contributed by atoms with E-state index in [1.54, 1.807) is 7.05 Å². The third kappa shape index (κ3) is 3.07. The van der Waals surface area contributed by atoms with E-state index in [0.717, 1.165) is 8.95 Å². The van der Waals surface area contributed by atoms with Crippen molar-refractivity contribution in [3.8, 4) is 0 Å². The molecule has 0 fully saturated rings. The van der Waals surface area contributed by atoms with Gasteiger partial charge in [0.2, 0.25) is 0 Å². The highest BCUT2D eigenvalue weighted by molar-refractivity contribution is 9.11. The van der Waals surface area contributed by atoms with E-state index in [0.29, 0.717) is 15.7 Å². The van der Waals surface area contributed by atoms with Crippen LogP contribution in [0.5, 0.6) is 0 Å². The second-order valence-corrected chi connectivity index (χ2v) is 6.24.